The molecule has 0 amide bonds. The Morgan fingerprint density at radius 1 is 1.44 bits per heavy atom. The maximum Gasteiger partial charge on any atom is 0.390 e. The van der Waals surface area contributed by atoms with Crippen LogP contribution in [0.15, 0.2) is 17.8 Å². The summed E-state index contributed by atoms with van der Waals surface area (Å²) in [7, 11) is 0. The Morgan fingerprint density at radius 3 is 2.94 bits per heavy atom. The van der Waals surface area contributed by atoms with Gasteiger partial charge in [-0.1, -0.05) is 0 Å². The highest BCUT2D eigenvalue weighted by Gasteiger charge is 2.25. The van der Waals surface area contributed by atoms with Gasteiger partial charge in [-0.05, 0) is 0 Å². The molecule has 2 aromatic rings. The molecule has 0 spiro atoms. The Morgan fingerprint density at radius 2 is 2.25 bits per heavy atom. The first kappa shape index (κ1) is 11.4. The summed E-state index contributed by atoms with van der Waals surface area (Å²) in [6.45, 7) is 0.291. The van der Waals surface area contributed by atoms with Gasteiger partial charge in [-0.3, -0.25) is 4.40 Å². The van der Waals surface area contributed by atoms with E-state index in [1.54, 1.807) is 0 Å². The second-order valence-corrected chi connectivity index (χ2v) is 4.24. The lowest BCUT2D eigenvalue weighted by Crippen LogP contribution is -2.21. The molecule has 0 atom stereocenters. The van der Waals surface area contributed by atoms with Gasteiger partial charge >= 0.3 is 6.18 Å². The third kappa shape index (κ3) is 2.96. The average Bonchev–Trinajstić information content (AvgIpc) is 2.70. The van der Waals surface area contributed by atoms with Gasteiger partial charge in [0.15, 0.2) is 4.96 Å². The minimum absolute atomic E-state index is 0.0747. The summed E-state index contributed by atoms with van der Waals surface area (Å²) in [5.41, 5.74) is 0.758. The van der Waals surface area contributed by atoms with Crippen molar-refractivity contribution in [1.82, 2.24) is 14.7 Å². The summed E-state index contributed by atoms with van der Waals surface area (Å²) in [5.74, 6) is 0. The predicted molar refractivity (Wildman–Crippen MR) is 55.4 cm³/mol. The van der Waals surface area contributed by atoms with Gasteiger partial charge in [0, 0.05) is 30.9 Å². The summed E-state index contributed by atoms with van der Waals surface area (Å²) >= 11 is 1.50. The number of imidazole rings is 1. The molecule has 0 fully saturated rings. The Hall–Kier alpha value is -1.08. The molecule has 0 saturated carbocycles. The van der Waals surface area contributed by atoms with Gasteiger partial charge in [-0.2, -0.15) is 13.2 Å². The zero-order chi connectivity index (χ0) is 11.6. The van der Waals surface area contributed by atoms with Crippen molar-refractivity contribution in [2.24, 2.45) is 0 Å². The molecule has 2 heterocycles. The standard InChI is InChI=1S/C9H10F3N3S/c10-9(11,12)1-2-13-5-7-6-15-3-4-16-8(15)14-7/h3-4,6,13H,1-2,5H2. The van der Waals surface area contributed by atoms with Gasteiger partial charge in [-0.15, -0.1) is 11.3 Å². The van der Waals surface area contributed by atoms with Crippen LogP contribution in [0.25, 0.3) is 4.96 Å². The van der Waals surface area contributed by atoms with E-state index in [4.69, 9.17) is 0 Å². The molecule has 2 aromatic heterocycles. The lowest BCUT2D eigenvalue weighted by Gasteiger charge is -2.05. The monoisotopic (exact) mass is 249 g/mol. The quantitative estimate of drug-likeness (QED) is 0.843. The number of aromatic nitrogens is 2. The maximum atomic E-state index is 11.8. The van der Waals surface area contributed by atoms with E-state index in [1.165, 1.54) is 11.3 Å². The lowest BCUT2D eigenvalue weighted by atomic mass is 10.4. The van der Waals surface area contributed by atoms with Crippen molar-refractivity contribution in [3.63, 3.8) is 0 Å². The summed E-state index contributed by atoms with van der Waals surface area (Å²) in [5, 5.41) is 4.62. The first-order valence-electron chi connectivity index (χ1n) is 4.73. The van der Waals surface area contributed by atoms with Crippen molar-refractivity contribution in [3.05, 3.63) is 23.5 Å². The predicted octanol–water partition coefficient (Wildman–Crippen LogP) is 2.44. The van der Waals surface area contributed by atoms with Crippen LogP contribution in [-0.4, -0.2) is 22.1 Å². The van der Waals surface area contributed by atoms with E-state index in [2.05, 4.69) is 10.3 Å². The Labute approximate surface area is 93.9 Å². The van der Waals surface area contributed by atoms with Gasteiger partial charge in [0.2, 0.25) is 0 Å². The van der Waals surface area contributed by atoms with E-state index >= 15 is 0 Å². The minimum Gasteiger partial charge on any atom is -0.311 e. The molecule has 16 heavy (non-hydrogen) atoms. The highest BCUT2D eigenvalue weighted by atomic mass is 32.1. The molecule has 0 bridgehead atoms. The molecular formula is C9H10F3N3S. The fraction of sp³-hybridized carbons (Fsp3) is 0.444. The Bertz CT molecular complexity index is 431. The van der Waals surface area contributed by atoms with E-state index in [9.17, 15) is 13.2 Å². The molecule has 88 valence electrons. The number of rotatable bonds is 4. The SMILES string of the molecule is FC(F)(F)CCNCc1cn2ccsc2n1. The van der Waals surface area contributed by atoms with Crippen LogP contribution in [-0.2, 0) is 6.54 Å². The van der Waals surface area contributed by atoms with Gasteiger partial charge in [-0.25, -0.2) is 4.98 Å². The largest absolute Gasteiger partial charge is 0.390 e. The highest BCUT2D eigenvalue weighted by Crippen LogP contribution is 2.18. The molecule has 3 nitrogen and oxygen atoms in total. The van der Waals surface area contributed by atoms with Crippen LogP contribution >= 0.6 is 11.3 Å². The second-order valence-electron chi connectivity index (χ2n) is 3.37. The number of nitrogens with zero attached hydrogens (tertiary/aromatic N) is 2. The molecule has 2 rings (SSSR count). The average molecular weight is 249 g/mol. The number of fused-ring (bicyclic) bond motifs is 1. The Kier molecular flexibility index (Phi) is 3.15. The fourth-order valence-corrected chi connectivity index (χ4v) is 2.03. The van der Waals surface area contributed by atoms with Crippen LogP contribution < -0.4 is 5.32 Å². The van der Waals surface area contributed by atoms with Gasteiger partial charge < -0.3 is 5.32 Å². The Balaban J connectivity index is 1.80. The number of thiazole rings is 1. The van der Waals surface area contributed by atoms with Crippen LogP contribution in [0.1, 0.15) is 12.1 Å². The van der Waals surface area contributed by atoms with E-state index < -0.39 is 12.6 Å². The van der Waals surface area contributed by atoms with Crippen molar-refractivity contribution in [1.29, 1.82) is 0 Å². The summed E-state index contributed by atoms with van der Waals surface area (Å²) < 4.78 is 37.4. The van der Waals surface area contributed by atoms with E-state index in [0.717, 1.165) is 10.7 Å². The first-order valence-corrected chi connectivity index (χ1v) is 5.61. The topological polar surface area (TPSA) is 29.3 Å². The van der Waals surface area contributed by atoms with Crippen molar-refractivity contribution in [3.8, 4) is 0 Å². The van der Waals surface area contributed by atoms with Crippen molar-refractivity contribution >= 4 is 16.3 Å². The van der Waals surface area contributed by atoms with Crippen molar-refractivity contribution < 1.29 is 13.2 Å². The summed E-state index contributed by atoms with van der Waals surface area (Å²) in [6, 6.07) is 0. The number of alkyl halides is 3. The molecule has 0 aromatic carbocycles. The second kappa shape index (κ2) is 4.42. The maximum absolute atomic E-state index is 11.8. The van der Waals surface area contributed by atoms with Crippen LogP contribution in [0.4, 0.5) is 13.2 Å². The van der Waals surface area contributed by atoms with Crippen molar-refractivity contribution in [2.45, 2.75) is 19.1 Å². The van der Waals surface area contributed by atoms with Crippen LogP contribution in [0.2, 0.25) is 0 Å². The molecular weight excluding hydrogens is 239 g/mol. The van der Waals surface area contributed by atoms with Gasteiger partial charge in [0.25, 0.3) is 0 Å². The van der Waals surface area contributed by atoms with Gasteiger partial charge in [0.1, 0.15) is 0 Å². The van der Waals surface area contributed by atoms with E-state index in [1.807, 2.05) is 22.2 Å². The molecule has 0 aliphatic carbocycles. The van der Waals surface area contributed by atoms with E-state index in [-0.39, 0.29) is 6.54 Å². The minimum atomic E-state index is -4.10. The smallest absolute Gasteiger partial charge is 0.311 e. The fourth-order valence-electron chi connectivity index (χ4n) is 1.31. The zero-order valence-corrected chi connectivity index (χ0v) is 9.11. The van der Waals surface area contributed by atoms with Crippen LogP contribution in [0, 0.1) is 0 Å². The first-order chi connectivity index (χ1) is 7.54. The third-order valence-corrected chi connectivity index (χ3v) is 2.81. The molecule has 1 N–H and O–H groups in total. The number of hydrogen-bond donors (Lipinski definition) is 1. The van der Waals surface area contributed by atoms with Gasteiger partial charge in [0.05, 0.1) is 12.1 Å². The molecule has 0 unspecified atom stereocenters. The zero-order valence-electron chi connectivity index (χ0n) is 8.29. The summed E-state index contributed by atoms with van der Waals surface area (Å²) in [4.78, 5) is 5.10. The van der Waals surface area contributed by atoms with Crippen LogP contribution in [0.3, 0.4) is 0 Å². The number of halogens is 3. The normalized spacial score (nSPS) is 12.4. The van der Waals surface area contributed by atoms with Crippen LogP contribution in [0.5, 0.6) is 0 Å². The molecule has 0 saturated heterocycles. The molecule has 0 radical (unpaired) electrons. The summed E-state index contributed by atoms with van der Waals surface area (Å²) in [6.07, 6.45) is -1.23. The number of nitrogens with one attached hydrogen (secondary N) is 1. The number of hydrogen-bond acceptors (Lipinski definition) is 3. The lowest BCUT2D eigenvalue weighted by molar-refractivity contribution is -0.133. The molecule has 0 aliphatic rings. The highest BCUT2D eigenvalue weighted by molar-refractivity contribution is 7.15. The molecule has 7 heteroatoms. The van der Waals surface area contributed by atoms with E-state index in [0.29, 0.717) is 6.54 Å². The third-order valence-electron chi connectivity index (χ3n) is 2.03. The molecule has 0 aliphatic heterocycles. The van der Waals surface area contributed by atoms with Crippen molar-refractivity contribution in [2.75, 3.05) is 6.54 Å².